The Morgan fingerprint density at radius 1 is 1.06 bits per heavy atom. The number of nitrogens with zero attached hydrogens (tertiary/aromatic N) is 1. The van der Waals surface area contributed by atoms with Crippen LogP contribution in [-0.4, -0.2) is 47.5 Å². The minimum absolute atomic E-state index is 0.00745. The van der Waals surface area contributed by atoms with Gasteiger partial charge in [-0.05, 0) is 67.7 Å². The van der Waals surface area contributed by atoms with Crippen molar-refractivity contribution < 1.29 is 14.7 Å². The summed E-state index contributed by atoms with van der Waals surface area (Å²) in [4.78, 5) is 29.2. The number of amides is 1. The lowest BCUT2D eigenvalue weighted by molar-refractivity contribution is -0.138. The van der Waals surface area contributed by atoms with Crippen molar-refractivity contribution in [1.82, 2.24) is 15.2 Å². The zero-order valence-electron chi connectivity index (χ0n) is 19.1. The van der Waals surface area contributed by atoms with Gasteiger partial charge in [0, 0.05) is 36.6 Å². The zero-order valence-corrected chi connectivity index (χ0v) is 19.1. The van der Waals surface area contributed by atoms with E-state index in [2.05, 4.69) is 53.7 Å². The monoisotopic (exact) mass is 435 g/mol. The Balaban J connectivity index is 1.52. The molecule has 170 valence electrons. The minimum Gasteiger partial charge on any atom is -0.481 e. The van der Waals surface area contributed by atoms with Gasteiger partial charge in [-0.3, -0.25) is 9.59 Å². The number of aromatic nitrogens is 1. The Labute approximate surface area is 189 Å². The second-order valence-electron chi connectivity index (χ2n) is 8.56. The number of carboxylic acid groups (broad SMARTS) is 1. The highest BCUT2D eigenvalue weighted by atomic mass is 16.4. The molecule has 3 aromatic rings. The number of aryl methyl sites for hydroxylation is 1. The lowest BCUT2D eigenvalue weighted by atomic mass is 9.96. The van der Waals surface area contributed by atoms with Crippen LogP contribution in [0.5, 0.6) is 0 Å². The summed E-state index contributed by atoms with van der Waals surface area (Å²) in [5.41, 5.74) is 5.34. The van der Waals surface area contributed by atoms with Crippen LogP contribution in [0.15, 0.2) is 48.7 Å². The topological polar surface area (TPSA) is 85.4 Å². The van der Waals surface area contributed by atoms with Gasteiger partial charge in [-0.25, -0.2) is 0 Å². The molecule has 6 nitrogen and oxygen atoms in total. The molecule has 3 rings (SSSR count). The minimum atomic E-state index is -0.809. The maximum absolute atomic E-state index is 12.4. The average molecular weight is 436 g/mol. The Bertz CT molecular complexity index is 1050. The molecule has 0 saturated heterocycles. The standard InChI is InChI=1S/C26H33N3O3/c1-4-22(26(31)32)20-9-5-19(6-10-20)16-28-25(30)12-8-18-7-11-24-23(15-18)21(17-27-24)13-14-29(2)3/h5-7,9-11,15,17,22,27H,4,8,12-14,16H2,1-3H3,(H,28,30)(H,31,32). The molecule has 1 atom stereocenters. The van der Waals surface area contributed by atoms with E-state index in [1.54, 1.807) is 0 Å². The van der Waals surface area contributed by atoms with E-state index in [0.29, 0.717) is 25.8 Å². The number of carbonyl (C=O) groups excluding carboxylic acids is 1. The molecule has 0 aliphatic rings. The number of carbonyl (C=O) groups is 2. The number of likely N-dealkylation sites (N-methyl/N-ethyl adjacent to an activating group) is 1. The fourth-order valence-corrected chi connectivity index (χ4v) is 3.90. The Hall–Kier alpha value is -3.12. The molecule has 0 spiro atoms. The summed E-state index contributed by atoms with van der Waals surface area (Å²) in [6.45, 7) is 3.30. The molecular weight excluding hydrogens is 402 g/mol. The highest BCUT2D eigenvalue weighted by Gasteiger charge is 2.17. The summed E-state index contributed by atoms with van der Waals surface area (Å²) >= 11 is 0. The number of aliphatic carboxylic acids is 1. The van der Waals surface area contributed by atoms with Gasteiger partial charge in [0.2, 0.25) is 5.91 Å². The third kappa shape index (κ3) is 6.20. The van der Waals surface area contributed by atoms with Crippen molar-refractivity contribution in [3.8, 4) is 0 Å². The number of H-pyrrole nitrogens is 1. The van der Waals surface area contributed by atoms with Gasteiger partial charge in [0.05, 0.1) is 5.92 Å². The Morgan fingerprint density at radius 2 is 1.78 bits per heavy atom. The maximum Gasteiger partial charge on any atom is 0.310 e. The number of fused-ring (bicyclic) bond motifs is 1. The SMILES string of the molecule is CCC(C(=O)O)c1ccc(CNC(=O)CCc2ccc3[nH]cc(CCN(C)C)c3c2)cc1. The third-order valence-electron chi connectivity index (χ3n) is 5.88. The molecule has 0 fully saturated rings. The molecular formula is C26H33N3O3. The summed E-state index contributed by atoms with van der Waals surface area (Å²) in [5.74, 6) is -1.29. The molecule has 0 saturated carbocycles. The Morgan fingerprint density at radius 3 is 2.44 bits per heavy atom. The number of rotatable bonds is 11. The largest absolute Gasteiger partial charge is 0.481 e. The average Bonchev–Trinajstić information content (AvgIpc) is 3.18. The van der Waals surface area contributed by atoms with E-state index >= 15 is 0 Å². The molecule has 32 heavy (non-hydrogen) atoms. The van der Waals surface area contributed by atoms with Crippen LogP contribution in [0, 0.1) is 0 Å². The first-order valence-electron chi connectivity index (χ1n) is 11.2. The first-order chi connectivity index (χ1) is 15.4. The maximum atomic E-state index is 12.4. The predicted molar refractivity (Wildman–Crippen MR) is 128 cm³/mol. The van der Waals surface area contributed by atoms with Crippen molar-refractivity contribution >= 4 is 22.8 Å². The van der Waals surface area contributed by atoms with Crippen molar-refractivity contribution in [2.75, 3.05) is 20.6 Å². The van der Waals surface area contributed by atoms with Gasteiger partial charge >= 0.3 is 5.97 Å². The van der Waals surface area contributed by atoms with Crippen LogP contribution in [0.1, 0.15) is 47.9 Å². The van der Waals surface area contributed by atoms with Crippen molar-refractivity contribution in [3.05, 3.63) is 70.9 Å². The Kier molecular flexibility index (Phi) is 8.06. The summed E-state index contributed by atoms with van der Waals surface area (Å²) in [6.07, 6.45) is 4.74. The molecule has 1 amide bonds. The van der Waals surface area contributed by atoms with Crippen molar-refractivity contribution in [3.63, 3.8) is 0 Å². The van der Waals surface area contributed by atoms with Crippen LogP contribution in [0.3, 0.4) is 0 Å². The highest BCUT2D eigenvalue weighted by molar-refractivity contribution is 5.84. The molecule has 6 heteroatoms. The zero-order chi connectivity index (χ0) is 23.1. The van der Waals surface area contributed by atoms with Crippen LogP contribution >= 0.6 is 0 Å². The second-order valence-corrected chi connectivity index (χ2v) is 8.56. The van der Waals surface area contributed by atoms with Crippen molar-refractivity contribution in [1.29, 1.82) is 0 Å². The highest BCUT2D eigenvalue weighted by Crippen LogP contribution is 2.22. The molecule has 0 bridgehead atoms. The van der Waals surface area contributed by atoms with E-state index in [1.807, 2.05) is 31.2 Å². The van der Waals surface area contributed by atoms with Gasteiger partial charge in [0.1, 0.15) is 0 Å². The normalized spacial score (nSPS) is 12.2. The summed E-state index contributed by atoms with van der Waals surface area (Å²) in [5, 5.41) is 13.5. The number of nitrogens with one attached hydrogen (secondary N) is 2. The molecule has 1 aromatic heterocycles. The van der Waals surface area contributed by atoms with Gasteiger partial charge in [-0.15, -0.1) is 0 Å². The summed E-state index contributed by atoms with van der Waals surface area (Å²) < 4.78 is 0. The van der Waals surface area contributed by atoms with Crippen molar-refractivity contribution in [2.45, 2.75) is 45.1 Å². The van der Waals surface area contributed by atoms with E-state index < -0.39 is 11.9 Å². The van der Waals surface area contributed by atoms with Crippen molar-refractivity contribution in [2.24, 2.45) is 0 Å². The van der Waals surface area contributed by atoms with Gasteiger partial charge in [-0.1, -0.05) is 37.3 Å². The van der Waals surface area contributed by atoms with Gasteiger partial charge < -0.3 is 20.3 Å². The van der Waals surface area contributed by atoms with E-state index in [0.717, 1.165) is 35.2 Å². The smallest absolute Gasteiger partial charge is 0.310 e. The van der Waals surface area contributed by atoms with Crippen LogP contribution in [-0.2, 0) is 29.0 Å². The van der Waals surface area contributed by atoms with Crippen LogP contribution < -0.4 is 5.32 Å². The lowest BCUT2D eigenvalue weighted by Crippen LogP contribution is -2.23. The molecule has 3 N–H and O–H groups in total. The number of hydrogen-bond donors (Lipinski definition) is 3. The fourth-order valence-electron chi connectivity index (χ4n) is 3.90. The molecule has 0 radical (unpaired) electrons. The quantitative estimate of drug-likeness (QED) is 0.423. The van der Waals surface area contributed by atoms with E-state index in [-0.39, 0.29) is 5.91 Å². The number of aromatic amines is 1. The molecule has 1 unspecified atom stereocenters. The summed E-state index contributed by atoms with van der Waals surface area (Å²) in [7, 11) is 4.15. The predicted octanol–water partition coefficient (Wildman–Crippen LogP) is 4.10. The second kappa shape index (κ2) is 11.0. The molecule has 1 heterocycles. The van der Waals surface area contributed by atoms with E-state index in [1.165, 1.54) is 10.9 Å². The third-order valence-corrected chi connectivity index (χ3v) is 5.88. The van der Waals surface area contributed by atoms with Crippen LogP contribution in [0.2, 0.25) is 0 Å². The van der Waals surface area contributed by atoms with Crippen LogP contribution in [0.4, 0.5) is 0 Å². The number of benzene rings is 2. The van der Waals surface area contributed by atoms with E-state index in [4.69, 9.17) is 0 Å². The molecule has 2 aromatic carbocycles. The summed E-state index contributed by atoms with van der Waals surface area (Å²) in [6, 6.07) is 13.8. The lowest BCUT2D eigenvalue weighted by Gasteiger charge is -2.11. The number of hydrogen-bond acceptors (Lipinski definition) is 3. The fraction of sp³-hybridized carbons (Fsp3) is 0.385. The number of carboxylic acids is 1. The first-order valence-corrected chi connectivity index (χ1v) is 11.2. The molecule has 0 aliphatic heterocycles. The molecule has 0 aliphatic carbocycles. The van der Waals surface area contributed by atoms with E-state index in [9.17, 15) is 14.7 Å². The van der Waals surface area contributed by atoms with Gasteiger partial charge in [-0.2, -0.15) is 0 Å². The van der Waals surface area contributed by atoms with Gasteiger partial charge in [0.25, 0.3) is 0 Å². The first kappa shape index (κ1) is 23.5. The van der Waals surface area contributed by atoms with Gasteiger partial charge in [0.15, 0.2) is 0 Å². The van der Waals surface area contributed by atoms with Crippen LogP contribution in [0.25, 0.3) is 10.9 Å².